The van der Waals surface area contributed by atoms with Gasteiger partial charge in [-0.25, -0.2) is 0 Å². The Kier molecular flexibility index (Phi) is 2.69. The summed E-state index contributed by atoms with van der Waals surface area (Å²) in [7, 11) is 0. The molecule has 0 N–H and O–H groups in total. The number of rotatable bonds is 0. The summed E-state index contributed by atoms with van der Waals surface area (Å²) in [4.78, 5) is 0. The molecule has 0 bridgehead atoms. The molecule has 64 valence electrons. The van der Waals surface area contributed by atoms with E-state index in [1.807, 2.05) is 0 Å². The van der Waals surface area contributed by atoms with Gasteiger partial charge in [-0.2, -0.15) is 0 Å². The Bertz CT molecular complexity index is 266. The average Bonchev–Trinajstić information content (AvgIpc) is 2.07. The molecule has 0 radical (unpaired) electrons. The van der Waals surface area contributed by atoms with E-state index in [1.165, 1.54) is 22.3 Å². The molecule has 1 aliphatic rings. The molecule has 1 aliphatic carbocycles. The lowest BCUT2D eigenvalue weighted by atomic mass is 9.97. The molecule has 0 aromatic rings. The molecule has 0 atom stereocenters. The molecule has 0 saturated heterocycles. The topological polar surface area (TPSA) is 0 Å². The van der Waals surface area contributed by atoms with Gasteiger partial charge in [-0.15, -0.1) is 0 Å². The van der Waals surface area contributed by atoms with E-state index in [2.05, 4.69) is 52.0 Å². The Morgan fingerprint density at radius 2 is 1.00 bits per heavy atom. The van der Waals surface area contributed by atoms with E-state index in [0.717, 1.165) is 0 Å². The highest BCUT2D eigenvalue weighted by Crippen LogP contribution is 2.21. The van der Waals surface area contributed by atoms with Crippen LogP contribution in [0.1, 0.15) is 27.7 Å². The van der Waals surface area contributed by atoms with Gasteiger partial charge in [0.2, 0.25) is 0 Å². The van der Waals surface area contributed by atoms with Crippen LogP contribution in [0.4, 0.5) is 0 Å². The molecule has 0 nitrogen and oxygen atoms in total. The molecule has 0 fully saturated rings. The predicted octanol–water partition coefficient (Wildman–Crippen LogP) is 3.79. The normalized spacial score (nSPS) is 35.7. The van der Waals surface area contributed by atoms with Crippen LogP contribution in [0.2, 0.25) is 0 Å². The van der Waals surface area contributed by atoms with Crippen molar-refractivity contribution in [1.82, 2.24) is 0 Å². The second-order valence-corrected chi connectivity index (χ2v) is 3.33. The predicted molar refractivity (Wildman–Crippen MR) is 55.0 cm³/mol. The summed E-state index contributed by atoms with van der Waals surface area (Å²) in [5, 5.41) is 0. The quantitative estimate of drug-likeness (QED) is 0.506. The van der Waals surface area contributed by atoms with Gasteiger partial charge in [0.1, 0.15) is 0 Å². The van der Waals surface area contributed by atoms with Crippen molar-refractivity contribution in [3.8, 4) is 0 Å². The van der Waals surface area contributed by atoms with E-state index >= 15 is 0 Å². The van der Waals surface area contributed by atoms with E-state index < -0.39 is 0 Å². The summed E-state index contributed by atoms with van der Waals surface area (Å²) in [6.07, 6.45) is 8.49. The van der Waals surface area contributed by atoms with Crippen molar-refractivity contribution < 1.29 is 0 Å². The fourth-order valence-corrected chi connectivity index (χ4v) is 1.24. The van der Waals surface area contributed by atoms with E-state index in [4.69, 9.17) is 0 Å². The first-order valence-electron chi connectivity index (χ1n) is 4.33. The van der Waals surface area contributed by atoms with Gasteiger partial charge >= 0.3 is 0 Å². The van der Waals surface area contributed by atoms with Crippen molar-refractivity contribution in [2.75, 3.05) is 0 Å². The third-order valence-corrected chi connectivity index (χ3v) is 2.55. The molecule has 0 aromatic heterocycles. The number of hydrogen-bond donors (Lipinski definition) is 0. The van der Waals surface area contributed by atoms with E-state index in [0.29, 0.717) is 0 Å². The SMILES string of the molecule is CC1=C(C)/C(C)=C/C=C\C=C\1C. The van der Waals surface area contributed by atoms with Gasteiger partial charge < -0.3 is 0 Å². The third kappa shape index (κ3) is 1.76. The van der Waals surface area contributed by atoms with E-state index in [1.54, 1.807) is 0 Å². The first-order valence-corrected chi connectivity index (χ1v) is 4.33. The highest BCUT2D eigenvalue weighted by atomic mass is 14.1. The molecule has 1 rings (SSSR count). The van der Waals surface area contributed by atoms with Crippen molar-refractivity contribution in [3.05, 3.63) is 46.6 Å². The highest BCUT2D eigenvalue weighted by Gasteiger charge is 2.01. The zero-order valence-corrected chi connectivity index (χ0v) is 8.31. The molecule has 0 saturated carbocycles. The second kappa shape index (κ2) is 3.57. The van der Waals surface area contributed by atoms with Crippen molar-refractivity contribution in [3.63, 3.8) is 0 Å². The summed E-state index contributed by atoms with van der Waals surface area (Å²) in [5.41, 5.74) is 5.51. The maximum absolute atomic E-state index is 2.18. The molecule has 0 aliphatic heterocycles. The largest absolute Gasteiger partial charge is 0.0620 e. The van der Waals surface area contributed by atoms with Crippen molar-refractivity contribution in [2.24, 2.45) is 0 Å². The number of allylic oxidation sites excluding steroid dienone is 8. The van der Waals surface area contributed by atoms with Crippen LogP contribution in [0.3, 0.4) is 0 Å². The molecule has 0 aromatic carbocycles. The first kappa shape index (κ1) is 9.05. The Labute approximate surface area is 75.0 Å². The smallest absolute Gasteiger partial charge is 0.0392 e. The first-order chi connectivity index (χ1) is 5.63. The third-order valence-electron chi connectivity index (χ3n) is 2.55. The summed E-state index contributed by atoms with van der Waals surface area (Å²) < 4.78 is 0. The minimum absolute atomic E-state index is 1.36. The van der Waals surface area contributed by atoms with Crippen LogP contribution in [-0.4, -0.2) is 0 Å². The molecule has 0 heteroatoms. The summed E-state index contributed by atoms with van der Waals surface area (Å²) >= 11 is 0. The van der Waals surface area contributed by atoms with Crippen LogP contribution in [0, 0.1) is 0 Å². The minimum atomic E-state index is 1.36. The Hall–Kier alpha value is -1.04. The molecular weight excluding hydrogens is 144 g/mol. The summed E-state index contributed by atoms with van der Waals surface area (Å²) in [6, 6.07) is 0. The Balaban J connectivity index is 3.18. The lowest BCUT2D eigenvalue weighted by molar-refractivity contribution is 1.21. The highest BCUT2D eigenvalue weighted by molar-refractivity contribution is 5.45. The van der Waals surface area contributed by atoms with Crippen molar-refractivity contribution >= 4 is 0 Å². The van der Waals surface area contributed by atoms with Gasteiger partial charge in [-0.3, -0.25) is 0 Å². The van der Waals surface area contributed by atoms with Crippen molar-refractivity contribution in [1.29, 1.82) is 0 Å². The van der Waals surface area contributed by atoms with Crippen molar-refractivity contribution in [2.45, 2.75) is 27.7 Å². The minimum Gasteiger partial charge on any atom is -0.0620 e. The lowest BCUT2D eigenvalue weighted by Crippen LogP contribution is -1.89. The van der Waals surface area contributed by atoms with Gasteiger partial charge in [0.05, 0.1) is 0 Å². The van der Waals surface area contributed by atoms with E-state index in [9.17, 15) is 0 Å². The van der Waals surface area contributed by atoms with Gasteiger partial charge in [-0.05, 0) is 50.0 Å². The van der Waals surface area contributed by atoms with E-state index in [-0.39, 0.29) is 0 Å². The second-order valence-electron chi connectivity index (χ2n) is 3.33. The molecule has 12 heavy (non-hydrogen) atoms. The summed E-state index contributed by atoms with van der Waals surface area (Å²) in [5.74, 6) is 0. The zero-order valence-electron chi connectivity index (χ0n) is 8.31. The summed E-state index contributed by atoms with van der Waals surface area (Å²) in [6.45, 7) is 8.67. The molecule has 0 heterocycles. The monoisotopic (exact) mass is 160 g/mol. The Morgan fingerprint density at radius 3 is 1.33 bits per heavy atom. The maximum Gasteiger partial charge on any atom is -0.0392 e. The van der Waals surface area contributed by atoms with Crippen LogP contribution < -0.4 is 0 Å². The average molecular weight is 160 g/mol. The molecule has 0 amide bonds. The van der Waals surface area contributed by atoms with Gasteiger partial charge in [0, 0.05) is 0 Å². The fourth-order valence-electron chi connectivity index (χ4n) is 1.24. The maximum atomic E-state index is 2.18. The standard InChI is InChI=1S/C12H16/c1-9-7-5-6-8-10(2)12(4)11(9)3/h5-8H,1-4H3/b6-5-,7-5?,8-6?,9-7+,10-8+,11-9?,12-10?,12-11-. The fraction of sp³-hybridized carbons (Fsp3) is 0.333. The van der Waals surface area contributed by atoms with Crippen LogP contribution >= 0.6 is 0 Å². The molecular formula is C12H16. The molecule has 0 spiro atoms. The van der Waals surface area contributed by atoms with Crippen LogP contribution in [0.25, 0.3) is 0 Å². The van der Waals surface area contributed by atoms with Crippen LogP contribution in [0.5, 0.6) is 0 Å². The Morgan fingerprint density at radius 1 is 0.667 bits per heavy atom. The lowest BCUT2D eigenvalue weighted by Gasteiger charge is -2.09. The number of hydrogen-bond acceptors (Lipinski definition) is 0. The van der Waals surface area contributed by atoms with Gasteiger partial charge in [0.15, 0.2) is 0 Å². The van der Waals surface area contributed by atoms with Crippen LogP contribution in [0.15, 0.2) is 46.6 Å². The van der Waals surface area contributed by atoms with Gasteiger partial charge in [0.25, 0.3) is 0 Å². The zero-order chi connectivity index (χ0) is 9.14. The van der Waals surface area contributed by atoms with Crippen LogP contribution in [-0.2, 0) is 0 Å². The van der Waals surface area contributed by atoms with Gasteiger partial charge in [-0.1, -0.05) is 24.3 Å². The molecule has 0 unspecified atom stereocenters.